The van der Waals surface area contributed by atoms with Crippen LogP contribution in [-0.4, -0.2) is 25.1 Å². The van der Waals surface area contributed by atoms with Gasteiger partial charge in [-0.15, -0.1) is 0 Å². The number of imidazole rings is 1. The van der Waals surface area contributed by atoms with Crippen molar-refractivity contribution in [2.24, 2.45) is 7.05 Å². The topological polar surface area (TPSA) is 69.8 Å². The number of benzene rings is 2. The van der Waals surface area contributed by atoms with Crippen molar-refractivity contribution in [2.45, 2.75) is 6.54 Å². The number of nitrogens with zero attached hydrogens (tertiary/aromatic N) is 4. The molecule has 0 saturated carbocycles. The number of rotatable bonds is 4. The molecule has 4 rings (SSSR count). The monoisotopic (exact) mass is 378 g/mol. The van der Waals surface area contributed by atoms with E-state index in [4.69, 9.17) is 11.6 Å². The molecule has 0 amide bonds. The van der Waals surface area contributed by atoms with E-state index in [2.05, 4.69) is 10.1 Å². The van der Waals surface area contributed by atoms with Crippen molar-refractivity contribution in [1.29, 1.82) is 0 Å². The zero-order valence-electron chi connectivity index (χ0n) is 14.5. The minimum atomic E-state index is -0.227. The van der Waals surface area contributed by atoms with Crippen LogP contribution in [-0.2, 0) is 13.6 Å². The normalized spacial score (nSPS) is 11.0. The van der Waals surface area contributed by atoms with E-state index < -0.39 is 0 Å². The zero-order valence-corrected chi connectivity index (χ0v) is 15.2. The van der Waals surface area contributed by atoms with Crippen LogP contribution in [0.3, 0.4) is 0 Å². The lowest BCUT2D eigenvalue weighted by Gasteiger charge is -2.06. The summed E-state index contributed by atoms with van der Waals surface area (Å²) in [5, 5.41) is 4.64. The highest BCUT2D eigenvalue weighted by Crippen LogP contribution is 2.16. The number of hydrogen-bond acceptors (Lipinski definition) is 4. The molecule has 27 heavy (non-hydrogen) atoms. The minimum Gasteiger partial charge on any atom is -0.325 e. The number of aromatic nitrogens is 4. The molecule has 0 spiro atoms. The fourth-order valence-corrected chi connectivity index (χ4v) is 3.02. The van der Waals surface area contributed by atoms with Crippen LogP contribution >= 0.6 is 11.6 Å². The SMILES string of the molecule is Cn1ncc2c(ncn2Cc2ccc(C(=O)c3ccc(Cl)cc3)cc2)c1=O. The Morgan fingerprint density at radius 1 is 1.04 bits per heavy atom. The summed E-state index contributed by atoms with van der Waals surface area (Å²) in [5.41, 5.74) is 3.03. The van der Waals surface area contributed by atoms with Crippen LogP contribution < -0.4 is 5.56 Å². The van der Waals surface area contributed by atoms with Gasteiger partial charge in [0.1, 0.15) is 0 Å². The van der Waals surface area contributed by atoms with Gasteiger partial charge in [-0.05, 0) is 29.8 Å². The second kappa shape index (κ2) is 6.81. The van der Waals surface area contributed by atoms with Crippen molar-refractivity contribution >= 4 is 28.4 Å². The van der Waals surface area contributed by atoms with Gasteiger partial charge in [0.25, 0.3) is 5.56 Å². The first-order chi connectivity index (χ1) is 13.0. The lowest BCUT2D eigenvalue weighted by atomic mass is 10.0. The lowest BCUT2D eigenvalue weighted by Crippen LogP contribution is -2.19. The largest absolute Gasteiger partial charge is 0.325 e. The van der Waals surface area contributed by atoms with Gasteiger partial charge in [0, 0.05) is 29.7 Å². The van der Waals surface area contributed by atoms with E-state index in [-0.39, 0.29) is 11.3 Å². The van der Waals surface area contributed by atoms with Crippen molar-refractivity contribution in [3.63, 3.8) is 0 Å². The zero-order chi connectivity index (χ0) is 19.0. The minimum absolute atomic E-state index is 0.0565. The Labute approximate surface area is 159 Å². The van der Waals surface area contributed by atoms with E-state index in [0.717, 1.165) is 5.56 Å². The van der Waals surface area contributed by atoms with Crippen molar-refractivity contribution in [1.82, 2.24) is 19.3 Å². The molecule has 0 N–H and O–H groups in total. The molecule has 4 aromatic rings. The summed E-state index contributed by atoms with van der Waals surface area (Å²) in [6.07, 6.45) is 3.25. The molecule has 7 heteroatoms. The highest BCUT2D eigenvalue weighted by atomic mass is 35.5. The third kappa shape index (κ3) is 3.27. The molecule has 0 radical (unpaired) electrons. The van der Waals surface area contributed by atoms with Crippen LogP contribution in [0.15, 0.2) is 65.8 Å². The highest BCUT2D eigenvalue weighted by Gasteiger charge is 2.11. The molecule has 0 unspecified atom stereocenters. The Kier molecular flexibility index (Phi) is 4.33. The first-order valence-corrected chi connectivity index (χ1v) is 8.67. The molecule has 2 heterocycles. The maximum absolute atomic E-state index is 12.5. The van der Waals surface area contributed by atoms with Gasteiger partial charge < -0.3 is 4.57 Å². The van der Waals surface area contributed by atoms with E-state index in [1.165, 1.54) is 4.68 Å². The summed E-state index contributed by atoms with van der Waals surface area (Å²) >= 11 is 5.87. The van der Waals surface area contributed by atoms with Gasteiger partial charge >= 0.3 is 0 Å². The Bertz CT molecular complexity index is 1190. The van der Waals surface area contributed by atoms with E-state index in [9.17, 15) is 9.59 Å². The number of ketones is 1. The predicted molar refractivity (Wildman–Crippen MR) is 103 cm³/mol. The second-order valence-corrected chi connectivity index (χ2v) is 6.65. The molecule has 2 aromatic heterocycles. The average Bonchev–Trinajstić information content (AvgIpc) is 3.09. The van der Waals surface area contributed by atoms with Gasteiger partial charge in [-0.1, -0.05) is 35.9 Å². The smallest absolute Gasteiger partial charge is 0.294 e. The Morgan fingerprint density at radius 2 is 1.67 bits per heavy atom. The summed E-state index contributed by atoms with van der Waals surface area (Å²) in [5.74, 6) is -0.0565. The molecule has 0 aliphatic carbocycles. The second-order valence-electron chi connectivity index (χ2n) is 6.21. The van der Waals surface area contributed by atoms with Crippen LogP contribution in [0.4, 0.5) is 0 Å². The lowest BCUT2D eigenvalue weighted by molar-refractivity contribution is 0.103. The number of hydrogen-bond donors (Lipinski definition) is 0. The summed E-state index contributed by atoms with van der Waals surface area (Å²) in [6.45, 7) is 0.529. The van der Waals surface area contributed by atoms with E-state index in [1.807, 2.05) is 16.7 Å². The molecule has 0 saturated heterocycles. The molecular formula is C20H15ClN4O2. The fourth-order valence-electron chi connectivity index (χ4n) is 2.89. The molecule has 2 aromatic carbocycles. The summed E-state index contributed by atoms with van der Waals surface area (Å²) in [7, 11) is 1.59. The maximum atomic E-state index is 12.5. The Morgan fingerprint density at radius 3 is 2.33 bits per heavy atom. The van der Waals surface area contributed by atoms with Crippen molar-refractivity contribution in [3.8, 4) is 0 Å². The molecule has 0 aliphatic heterocycles. The maximum Gasteiger partial charge on any atom is 0.294 e. The van der Waals surface area contributed by atoms with Crippen LogP contribution in [0.5, 0.6) is 0 Å². The van der Waals surface area contributed by atoms with Gasteiger partial charge in [0.2, 0.25) is 0 Å². The standard InChI is InChI=1S/C20H15ClN4O2/c1-24-20(27)18-17(10-23-24)25(12-22-18)11-13-2-4-14(5-3-13)19(26)15-6-8-16(21)9-7-15/h2-10,12H,11H2,1H3. The van der Waals surface area contributed by atoms with Gasteiger partial charge in [-0.2, -0.15) is 5.10 Å². The van der Waals surface area contributed by atoms with Crippen molar-refractivity contribution < 1.29 is 4.79 Å². The van der Waals surface area contributed by atoms with E-state index >= 15 is 0 Å². The number of carbonyl (C=O) groups excluding carboxylic acids is 1. The summed E-state index contributed by atoms with van der Waals surface area (Å²) in [4.78, 5) is 28.8. The first-order valence-electron chi connectivity index (χ1n) is 8.29. The summed E-state index contributed by atoms with van der Waals surface area (Å²) < 4.78 is 3.12. The number of carbonyl (C=O) groups is 1. The highest BCUT2D eigenvalue weighted by molar-refractivity contribution is 6.30. The average molecular weight is 379 g/mol. The van der Waals surface area contributed by atoms with Crippen LogP contribution in [0.25, 0.3) is 11.0 Å². The quantitative estimate of drug-likeness (QED) is 0.512. The Hall–Kier alpha value is -3.25. The van der Waals surface area contributed by atoms with E-state index in [1.54, 1.807) is 56.0 Å². The predicted octanol–water partition coefficient (Wildman–Crippen LogP) is 3.06. The number of fused-ring (bicyclic) bond motifs is 1. The van der Waals surface area contributed by atoms with Gasteiger partial charge in [-0.3, -0.25) is 9.59 Å². The van der Waals surface area contributed by atoms with E-state index in [0.29, 0.717) is 33.7 Å². The Balaban J connectivity index is 1.58. The third-order valence-corrected chi connectivity index (χ3v) is 4.66. The van der Waals surface area contributed by atoms with Crippen LogP contribution in [0.1, 0.15) is 21.5 Å². The third-order valence-electron chi connectivity index (χ3n) is 4.40. The van der Waals surface area contributed by atoms with Crippen molar-refractivity contribution in [3.05, 3.63) is 93.1 Å². The number of aryl methyl sites for hydroxylation is 1. The van der Waals surface area contributed by atoms with Crippen molar-refractivity contribution in [2.75, 3.05) is 0 Å². The summed E-state index contributed by atoms with van der Waals surface area (Å²) in [6, 6.07) is 14.2. The molecule has 6 nitrogen and oxygen atoms in total. The van der Waals surface area contributed by atoms with Gasteiger partial charge in [0.15, 0.2) is 11.3 Å². The van der Waals surface area contributed by atoms with Gasteiger partial charge in [0.05, 0.1) is 18.0 Å². The molecular weight excluding hydrogens is 364 g/mol. The molecule has 0 fully saturated rings. The molecule has 0 bridgehead atoms. The van der Waals surface area contributed by atoms with Crippen LogP contribution in [0.2, 0.25) is 5.02 Å². The van der Waals surface area contributed by atoms with Gasteiger partial charge in [-0.25, -0.2) is 9.67 Å². The number of halogens is 1. The molecule has 134 valence electrons. The fraction of sp³-hybridized carbons (Fsp3) is 0.100. The molecule has 0 aliphatic rings. The first kappa shape index (κ1) is 17.2. The van der Waals surface area contributed by atoms with Crippen LogP contribution in [0, 0.1) is 0 Å². The molecule has 0 atom stereocenters.